The summed E-state index contributed by atoms with van der Waals surface area (Å²) >= 11 is -1.87. The summed E-state index contributed by atoms with van der Waals surface area (Å²) in [6.07, 6.45) is 5.82. The van der Waals surface area contributed by atoms with Crippen LogP contribution in [0.2, 0.25) is 0 Å². The van der Waals surface area contributed by atoms with Crippen molar-refractivity contribution in [2.24, 2.45) is 0 Å². The summed E-state index contributed by atoms with van der Waals surface area (Å²) in [5, 5.41) is 0. The zero-order chi connectivity index (χ0) is 15.4. The third-order valence-corrected chi connectivity index (χ3v) is 11.3. The van der Waals surface area contributed by atoms with E-state index in [1.807, 2.05) is 0 Å². The van der Waals surface area contributed by atoms with E-state index in [9.17, 15) is 0 Å². The molecule has 0 amide bonds. The molecule has 2 heteroatoms. The number of hydrogen-bond acceptors (Lipinski definition) is 1. The Morgan fingerprint density at radius 2 is 1.41 bits per heavy atom. The van der Waals surface area contributed by atoms with Crippen LogP contribution in [0, 0.1) is 0 Å². The van der Waals surface area contributed by atoms with Crippen LogP contribution in [0.3, 0.4) is 0 Å². The molecule has 0 atom stereocenters. The Balaban J connectivity index is 2.07. The monoisotopic (exact) mass is 397 g/mol. The molecule has 1 aliphatic carbocycles. The van der Waals surface area contributed by atoms with E-state index in [0.29, 0.717) is 0 Å². The molecule has 0 saturated carbocycles. The minimum atomic E-state index is -1.87. The molecule has 1 nitrogen and oxygen atoms in total. The third kappa shape index (κ3) is 3.54. The van der Waals surface area contributed by atoms with E-state index in [0.717, 1.165) is 13.0 Å². The van der Waals surface area contributed by atoms with Crippen molar-refractivity contribution in [1.82, 2.24) is 4.90 Å². The second-order valence-electron chi connectivity index (χ2n) is 5.82. The first-order valence-electron chi connectivity index (χ1n) is 7.69. The molecule has 0 saturated heterocycles. The molecule has 0 N–H and O–H groups in total. The maximum absolute atomic E-state index is 2.35. The van der Waals surface area contributed by atoms with Gasteiger partial charge in [0, 0.05) is 0 Å². The number of nitrogens with zero attached hydrogens (tertiary/aromatic N) is 1. The molecule has 0 spiro atoms. The van der Waals surface area contributed by atoms with Crippen molar-refractivity contribution in [1.29, 1.82) is 0 Å². The average Bonchev–Trinajstić information content (AvgIpc) is 2.97. The zero-order valence-corrected chi connectivity index (χ0v) is 15.8. The van der Waals surface area contributed by atoms with Gasteiger partial charge in [-0.3, -0.25) is 0 Å². The van der Waals surface area contributed by atoms with Gasteiger partial charge in [-0.25, -0.2) is 0 Å². The number of likely N-dealkylation sites (N-methyl/N-ethyl adjacent to an activating group) is 1. The summed E-state index contributed by atoms with van der Waals surface area (Å²) in [5.41, 5.74) is 1.54. The van der Waals surface area contributed by atoms with Crippen molar-refractivity contribution in [2.75, 3.05) is 20.6 Å². The van der Waals surface area contributed by atoms with Crippen LogP contribution in [0.1, 0.15) is 6.42 Å². The first-order valence-corrected chi connectivity index (χ1v) is 11.5. The number of benzene rings is 2. The molecule has 0 heterocycles. The standard InChI is InChI=1S/C8H12N.2C6H5.Sb/c1-9(2)7-8-5-3-4-6-8;2*1-2-4-6-5-3-1;/h3,5H,4,7H2,1-2H3;2*1-5H;. The molecule has 2 aromatic rings. The van der Waals surface area contributed by atoms with E-state index in [1.54, 1.807) is 16.1 Å². The van der Waals surface area contributed by atoms with Crippen LogP contribution < -0.4 is 7.02 Å². The molecular weight excluding hydrogens is 376 g/mol. The van der Waals surface area contributed by atoms with Crippen LogP contribution in [0.25, 0.3) is 0 Å². The minimum absolute atomic E-state index is 1.05. The van der Waals surface area contributed by atoms with Gasteiger partial charge >= 0.3 is 141 Å². The van der Waals surface area contributed by atoms with Crippen molar-refractivity contribution < 1.29 is 0 Å². The van der Waals surface area contributed by atoms with Crippen molar-refractivity contribution >= 4 is 27.2 Å². The van der Waals surface area contributed by atoms with E-state index < -0.39 is 20.2 Å². The zero-order valence-electron chi connectivity index (χ0n) is 13.2. The Kier molecular flexibility index (Phi) is 5.18. The molecule has 1 aliphatic rings. The van der Waals surface area contributed by atoms with Gasteiger partial charge < -0.3 is 0 Å². The molecule has 3 rings (SSSR count). The molecule has 0 radical (unpaired) electrons. The Morgan fingerprint density at radius 1 is 0.864 bits per heavy atom. The average molecular weight is 398 g/mol. The van der Waals surface area contributed by atoms with E-state index in [2.05, 4.69) is 91.8 Å². The van der Waals surface area contributed by atoms with Crippen molar-refractivity contribution in [3.05, 3.63) is 81.9 Å². The summed E-state index contributed by atoms with van der Waals surface area (Å²) in [6, 6.07) is 22.3. The quantitative estimate of drug-likeness (QED) is 0.701. The molecule has 0 aromatic heterocycles. The second kappa shape index (κ2) is 7.31. The van der Waals surface area contributed by atoms with Crippen LogP contribution in [0.5, 0.6) is 0 Å². The van der Waals surface area contributed by atoms with Crippen LogP contribution in [0.4, 0.5) is 0 Å². The van der Waals surface area contributed by atoms with Crippen LogP contribution in [0.15, 0.2) is 81.9 Å². The van der Waals surface area contributed by atoms with Gasteiger partial charge in [0.15, 0.2) is 0 Å². The van der Waals surface area contributed by atoms with Crippen molar-refractivity contribution in [2.45, 2.75) is 6.42 Å². The van der Waals surface area contributed by atoms with E-state index >= 15 is 0 Å². The second-order valence-corrected chi connectivity index (χ2v) is 12.2. The summed E-state index contributed by atoms with van der Waals surface area (Å²) in [7, 11) is 4.31. The van der Waals surface area contributed by atoms with E-state index in [1.165, 1.54) is 0 Å². The number of rotatable bonds is 5. The Bertz CT molecular complexity index is 632. The molecule has 22 heavy (non-hydrogen) atoms. The van der Waals surface area contributed by atoms with Gasteiger partial charge in [0.05, 0.1) is 0 Å². The fourth-order valence-electron chi connectivity index (χ4n) is 2.87. The Hall–Kier alpha value is -1.30. The predicted molar refractivity (Wildman–Crippen MR) is 97.2 cm³/mol. The number of allylic oxidation sites excluding steroid dienone is 2. The summed E-state index contributed by atoms with van der Waals surface area (Å²) in [5.74, 6) is 0. The van der Waals surface area contributed by atoms with Gasteiger partial charge in [0.2, 0.25) is 0 Å². The summed E-state index contributed by atoms with van der Waals surface area (Å²) in [6.45, 7) is 1.05. The first kappa shape index (κ1) is 15.6. The normalized spacial score (nSPS) is 14.4. The third-order valence-electron chi connectivity index (χ3n) is 3.79. The van der Waals surface area contributed by atoms with Gasteiger partial charge in [0.25, 0.3) is 0 Å². The van der Waals surface area contributed by atoms with Crippen molar-refractivity contribution in [3.8, 4) is 0 Å². The molecule has 112 valence electrons. The molecular formula is C20H22NSb. The maximum atomic E-state index is 2.35. The summed E-state index contributed by atoms with van der Waals surface area (Å²) < 4.78 is 4.84. The fraction of sp³-hybridized carbons (Fsp3) is 0.200. The molecule has 0 aliphatic heterocycles. The van der Waals surface area contributed by atoms with Crippen LogP contribution in [-0.2, 0) is 0 Å². The van der Waals surface area contributed by atoms with Gasteiger partial charge in [-0.2, -0.15) is 0 Å². The Labute approximate surface area is 140 Å². The van der Waals surface area contributed by atoms with Crippen LogP contribution >= 0.6 is 0 Å². The summed E-state index contributed by atoms with van der Waals surface area (Å²) in [4.78, 5) is 2.28. The van der Waals surface area contributed by atoms with E-state index in [4.69, 9.17) is 0 Å². The van der Waals surface area contributed by atoms with Gasteiger partial charge in [0.1, 0.15) is 0 Å². The molecule has 0 unspecified atom stereocenters. The molecule has 0 fully saturated rings. The fourth-order valence-corrected chi connectivity index (χ4v) is 10.2. The molecule has 2 aromatic carbocycles. The van der Waals surface area contributed by atoms with E-state index in [-0.39, 0.29) is 0 Å². The van der Waals surface area contributed by atoms with Crippen LogP contribution in [-0.4, -0.2) is 45.7 Å². The van der Waals surface area contributed by atoms with Gasteiger partial charge in [-0.15, -0.1) is 0 Å². The molecule has 0 bridgehead atoms. The predicted octanol–water partition coefficient (Wildman–Crippen LogP) is 2.65. The van der Waals surface area contributed by atoms with Crippen molar-refractivity contribution in [3.63, 3.8) is 0 Å². The first-order chi connectivity index (χ1) is 10.8. The number of hydrogen-bond donors (Lipinski definition) is 0. The SMILES string of the molecule is CN(C)CC1=[C]([Sb]([c]2ccccc2)[c]2ccccc2)CC=C1. The van der Waals surface area contributed by atoms with Gasteiger partial charge in [-0.1, -0.05) is 0 Å². The topological polar surface area (TPSA) is 3.24 Å². The van der Waals surface area contributed by atoms with Gasteiger partial charge in [-0.05, 0) is 0 Å². The Morgan fingerprint density at radius 3 is 1.91 bits per heavy atom.